The fraction of sp³-hybridized carbons (Fsp3) is 0.118. The predicted molar refractivity (Wildman–Crippen MR) is 84.4 cm³/mol. The van der Waals surface area contributed by atoms with Crippen LogP contribution in [-0.4, -0.2) is 15.6 Å². The van der Waals surface area contributed by atoms with Crippen molar-refractivity contribution >= 4 is 5.91 Å². The van der Waals surface area contributed by atoms with Gasteiger partial charge in [0.2, 0.25) is 0 Å². The van der Waals surface area contributed by atoms with Crippen LogP contribution in [0.5, 0.6) is 0 Å². The third-order valence-electron chi connectivity index (χ3n) is 3.57. The summed E-state index contributed by atoms with van der Waals surface area (Å²) < 4.78 is 19.0. The summed E-state index contributed by atoms with van der Waals surface area (Å²) in [5.74, 6) is -0.888. The summed E-state index contributed by atoms with van der Waals surface area (Å²) in [6, 6.07) is 7.13. The second-order valence-corrected chi connectivity index (χ2v) is 5.24. The molecule has 3 aromatic rings. The number of carbonyl (C=O) groups excluding carboxylic acids is 1. The molecule has 0 fully saturated rings. The summed E-state index contributed by atoms with van der Waals surface area (Å²) in [7, 11) is 0. The Hall–Kier alpha value is -3.22. The van der Waals surface area contributed by atoms with Crippen molar-refractivity contribution in [3.05, 3.63) is 81.9 Å². The number of benzene rings is 1. The SMILES string of the molecule is Cc1ccn(-c2ccc(F)cc2)c(=O)c1C(=O)NCc1cnoc1. The number of amides is 1. The molecule has 0 saturated heterocycles. The first-order chi connectivity index (χ1) is 11.6. The van der Waals surface area contributed by atoms with Crippen molar-refractivity contribution in [2.45, 2.75) is 13.5 Å². The number of nitrogens with one attached hydrogen (secondary N) is 1. The fourth-order valence-electron chi connectivity index (χ4n) is 2.29. The maximum Gasteiger partial charge on any atom is 0.268 e. The Kier molecular flexibility index (Phi) is 4.24. The molecule has 0 unspecified atom stereocenters. The number of nitrogens with zero attached hydrogens (tertiary/aromatic N) is 2. The number of rotatable bonds is 4. The first-order valence-corrected chi connectivity index (χ1v) is 7.21. The van der Waals surface area contributed by atoms with Gasteiger partial charge < -0.3 is 9.84 Å². The molecule has 0 aliphatic heterocycles. The molecule has 0 spiro atoms. The van der Waals surface area contributed by atoms with Crippen LogP contribution in [0.1, 0.15) is 21.5 Å². The van der Waals surface area contributed by atoms with Gasteiger partial charge in [-0.25, -0.2) is 4.39 Å². The summed E-state index contributed by atoms with van der Waals surface area (Å²) >= 11 is 0. The van der Waals surface area contributed by atoms with Gasteiger partial charge in [-0.3, -0.25) is 14.2 Å². The van der Waals surface area contributed by atoms with Gasteiger partial charge in [0.15, 0.2) is 0 Å². The smallest absolute Gasteiger partial charge is 0.268 e. The molecule has 0 aliphatic rings. The molecule has 1 amide bonds. The zero-order chi connectivity index (χ0) is 17.1. The zero-order valence-electron chi connectivity index (χ0n) is 12.8. The van der Waals surface area contributed by atoms with Crippen molar-refractivity contribution in [3.63, 3.8) is 0 Å². The Morgan fingerprint density at radius 1 is 1.29 bits per heavy atom. The van der Waals surface area contributed by atoms with E-state index in [1.807, 2.05) is 0 Å². The maximum absolute atomic E-state index is 13.0. The van der Waals surface area contributed by atoms with Crippen molar-refractivity contribution in [3.8, 4) is 5.69 Å². The number of carbonyl (C=O) groups is 1. The van der Waals surface area contributed by atoms with Crippen LogP contribution < -0.4 is 10.9 Å². The van der Waals surface area contributed by atoms with Crippen molar-refractivity contribution in [1.29, 1.82) is 0 Å². The molecule has 2 aromatic heterocycles. The molecule has 3 rings (SSSR count). The molecule has 2 heterocycles. The van der Waals surface area contributed by atoms with Crippen LogP contribution in [0.15, 0.2) is 58.3 Å². The van der Waals surface area contributed by atoms with Crippen LogP contribution in [-0.2, 0) is 6.54 Å². The van der Waals surface area contributed by atoms with Crippen molar-refractivity contribution in [2.24, 2.45) is 0 Å². The Bertz CT molecular complexity index is 915. The van der Waals surface area contributed by atoms with Crippen LogP contribution in [0, 0.1) is 12.7 Å². The summed E-state index contributed by atoms with van der Waals surface area (Å²) in [5.41, 5.74) is 1.30. The number of halogens is 1. The van der Waals surface area contributed by atoms with Crippen molar-refractivity contribution in [2.75, 3.05) is 0 Å². The minimum Gasteiger partial charge on any atom is -0.364 e. The summed E-state index contributed by atoms with van der Waals surface area (Å²) in [5, 5.41) is 6.20. The topological polar surface area (TPSA) is 77.1 Å². The molecule has 1 N–H and O–H groups in total. The largest absolute Gasteiger partial charge is 0.364 e. The lowest BCUT2D eigenvalue weighted by molar-refractivity contribution is 0.0948. The van der Waals surface area contributed by atoms with Crippen LogP contribution in [0.3, 0.4) is 0 Å². The van der Waals surface area contributed by atoms with Crippen LogP contribution in [0.4, 0.5) is 4.39 Å². The molecular weight excluding hydrogens is 313 g/mol. The standard InChI is InChI=1S/C17H14FN3O3/c1-11-6-7-21(14-4-2-13(18)3-5-14)17(23)15(11)16(22)19-8-12-9-20-24-10-12/h2-7,9-10H,8H2,1H3,(H,19,22). The number of pyridine rings is 1. The average molecular weight is 327 g/mol. The molecule has 0 aliphatic carbocycles. The van der Waals surface area contributed by atoms with E-state index in [9.17, 15) is 14.0 Å². The van der Waals surface area contributed by atoms with Crippen molar-refractivity contribution < 1.29 is 13.7 Å². The lowest BCUT2D eigenvalue weighted by Gasteiger charge is -2.11. The Morgan fingerprint density at radius 2 is 2.04 bits per heavy atom. The van der Waals surface area contributed by atoms with Gasteiger partial charge in [-0.1, -0.05) is 5.16 Å². The van der Waals surface area contributed by atoms with Gasteiger partial charge in [-0.15, -0.1) is 0 Å². The number of hydrogen-bond acceptors (Lipinski definition) is 4. The van der Waals surface area contributed by atoms with Crippen LogP contribution >= 0.6 is 0 Å². The van der Waals surface area contributed by atoms with E-state index in [2.05, 4.69) is 15.0 Å². The number of aromatic nitrogens is 2. The lowest BCUT2D eigenvalue weighted by Crippen LogP contribution is -2.33. The van der Waals surface area contributed by atoms with Crippen LogP contribution in [0.2, 0.25) is 0 Å². The normalized spacial score (nSPS) is 10.6. The first-order valence-electron chi connectivity index (χ1n) is 7.21. The molecule has 0 bridgehead atoms. The summed E-state index contributed by atoms with van der Waals surface area (Å²) in [6.07, 6.45) is 4.45. The van der Waals surface area contributed by atoms with E-state index in [0.717, 1.165) is 0 Å². The second-order valence-electron chi connectivity index (χ2n) is 5.24. The molecule has 0 atom stereocenters. The van der Waals surface area contributed by atoms with E-state index < -0.39 is 17.3 Å². The highest BCUT2D eigenvalue weighted by Crippen LogP contribution is 2.10. The Labute approximate surface area is 136 Å². The summed E-state index contributed by atoms with van der Waals surface area (Å²) in [6.45, 7) is 1.89. The van der Waals surface area contributed by atoms with Crippen molar-refractivity contribution in [1.82, 2.24) is 15.0 Å². The molecule has 122 valence electrons. The number of aryl methyl sites for hydroxylation is 1. The van der Waals surface area contributed by atoms with E-state index in [1.165, 1.54) is 41.3 Å². The van der Waals surface area contributed by atoms with E-state index in [4.69, 9.17) is 0 Å². The molecule has 0 saturated carbocycles. The zero-order valence-corrected chi connectivity index (χ0v) is 12.8. The van der Waals surface area contributed by atoms with Gasteiger partial charge in [-0.05, 0) is 42.8 Å². The maximum atomic E-state index is 13.0. The summed E-state index contributed by atoms with van der Waals surface area (Å²) in [4.78, 5) is 25.0. The highest BCUT2D eigenvalue weighted by Gasteiger charge is 2.16. The highest BCUT2D eigenvalue weighted by atomic mass is 19.1. The minimum atomic E-state index is -0.491. The highest BCUT2D eigenvalue weighted by molar-refractivity contribution is 5.95. The van der Waals surface area contributed by atoms with E-state index >= 15 is 0 Å². The molecule has 7 heteroatoms. The Morgan fingerprint density at radius 3 is 2.71 bits per heavy atom. The van der Waals surface area contributed by atoms with E-state index in [-0.39, 0.29) is 12.1 Å². The fourth-order valence-corrected chi connectivity index (χ4v) is 2.29. The predicted octanol–water partition coefficient (Wildman–Crippen LogP) is 2.20. The van der Waals surface area contributed by atoms with Gasteiger partial charge in [0, 0.05) is 24.0 Å². The molecule has 0 radical (unpaired) electrons. The van der Waals surface area contributed by atoms with Gasteiger partial charge >= 0.3 is 0 Å². The number of hydrogen-bond donors (Lipinski definition) is 1. The third-order valence-corrected chi connectivity index (χ3v) is 3.57. The Balaban J connectivity index is 1.92. The van der Waals surface area contributed by atoms with E-state index in [0.29, 0.717) is 16.8 Å². The molecule has 6 nitrogen and oxygen atoms in total. The van der Waals surface area contributed by atoms with Gasteiger partial charge in [-0.2, -0.15) is 0 Å². The lowest BCUT2D eigenvalue weighted by atomic mass is 10.1. The van der Waals surface area contributed by atoms with E-state index in [1.54, 1.807) is 19.2 Å². The first kappa shape index (κ1) is 15.7. The monoisotopic (exact) mass is 327 g/mol. The van der Waals surface area contributed by atoms with Gasteiger partial charge in [0.05, 0.1) is 6.20 Å². The molecular formula is C17H14FN3O3. The van der Waals surface area contributed by atoms with Crippen LogP contribution in [0.25, 0.3) is 5.69 Å². The second kappa shape index (κ2) is 6.49. The minimum absolute atomic E-state index is 0.0401. The molecule has 24 heavy (non-hydrogen) atoms. The quantitative estimate of drug-likeness (QED) is 0.797. The van der Waals surface area contributed by atoms with Gasteiger partial charge in [0.25, 0.3) is 11.5 Å². The van der Waals surface area contributed by atoms with Gasteiger partial charge in [0.1, 0.15) is 17.6 Å². The molecule has 1 aromatic carbocycles. The average Bonchev–Trinajstić information content (AvgIpc) is 3.08. The third kappa shape index (κ3) is 3.10.